The Morgan fingerprint density at radius 1 is 1.10 bits per heavy atom. The normalized spacial score (nSPS) is 14.7. The molecule has 14 heteroatoms. The number of halogens is 1. The molecule has 0 bridgehead atoms. The molecule has 6 rings (SSSR count). The first kappa shape index (κ1) is 32.1. The number of nitriles is 1. The van der Waals surface area contributed by atoms with E-state index in [1.165, 1.54) is 23.1 Å². The molecule has 12 nitrogen and oxygen atoms in total. The van der Waals surface area contributed by atoms with E-state index < -0.39 is 27.7 Å². The molecule has 48 heavy (non-hydrogen) atoms. The Morgan fingerprint density at radius 3 is 2.75 bits per heavy atom. The minimum atomic E-state index is -4.08. The van der Waals surface area contributed by atoms with Gasteiger partial charge in [0.2, 0.25) is 21.9 Å². The number of benzene rings is 3. The van der Waals surface area contributed by atoms with Crippen LogP contribution in [0.2, 0.25) is 0 Å². The predicted molar refractivity (Wildman–Crippen MR) is 178 cm³/mol. The summed E-state index contributed by atoms with van der Waals surface area (Å²) >= 11 is 0. The van der Waals surface area contributed by atoms with Crippen LogP contribution in [0.15, 0.2) is 79.1 Å². The van der Waals surface area contributed by atoms with E-state index in [0.29, 0.717) is 58.1 Å². The van der Waals surface area contributed by atoms with Crippen molar-refractivity contribution in [3.05, 3.63) is 102 Å². The topological polar surface area (TPSA) is 170 Å². The molecule has 0 radical (unpaired) electrons. The number of hydrogen-bond acceptors (Lipinski definition) is 9. The van der Waals surface area contributed by atoms with Crippen LogP contribution in [0.1, 0.15) is 29.5 Å². The molecule has 2 aromatic heterocycles. The number of nitrogens with zero attached hydrogens (tertiary/aromatic N) is 5. The van der Waals surface area contributed by atoms with Gasteiger partial charge in [0.05, 0.1) is 34.3 Å². The van der Waals surface area contributed by atoms with E-state index in [4.69, 9.17) is 4.74 Å². The zero-order valence-electron chi connectivity index (χ0n) is 25.7. The first-order valence-corrected chi connectivity index (χ1v) is 16.7. The van der Waals surface area contributed by atoms with Crippen molar-refractivity contribution >= 4 is 38.5 Å². The van der Waals surface area contributed by atoms with Crippen LogP contribution in [0.5, 0.6) is 11.6 Å². The zero-order valence-corrected chi connectivity index (χ0v) is 26.5. The minimum absolute atomic E-state index is 0.150. The number of amides is 1. The van der Waals surface area contributed by atoms with Crippen molar-refractivity contribution in [3.63, 3.8) is 0 Å². The monoisotopic (exact) mass is 667 g/mol. The summed E-state index contributed by atoms with van der Waals surface area (Å²) in [5.74, 6) is -0.350. The number of sulfonamides is 1. The van der Waals surface area contributed by atoms with Gasteiger partial charge in [0.25, 0.3) is 0 Å². The van der Waals surface area contributed by atoms with Crippen molar-refractivity contribution in [1.82, 2.24) is 19.9 Å². The maximum absolute atomic E-state index is 15.2. The number of aromatic nitrogens is 3. The molecule has 1 aliphatic rings. The second-order valence-electron chi connectivity index (χ2n) is 11.3. The number of ether oxygens (including phenoxy) is 1. The summed E-state index contributed by atoms with van der Waals surface area (Å²) in [6.07, 6.45) is 3.67. The standard InChI is InChI=1S/C34H30FN7O5S/c1-21-9-10-25-26(11-12-28(35)30(25)41-48(45,46)20-23-6-2-5-22(17-23)18-36)31(21)47-32-27(8-3-14-37-32)29-13-15-38-33(40-29)39-24-7-4-16-42(19-24)34(43)44/h2-3,5-6,8-15,17,24,41H,4,7,16,19-20H2,1H3,(H,43,44)(H,38,39,40). The molecule has 3 heterocycles. The lowest BCUT2D eigenvalue weighted by Crippen LogP contribution is -2.44. The fraction of sp³-hybridized carbons (Fsp3) is 0.206. The number of carbonyl (C=O) groups is 1. The average Bonchev–Trinajstić information content (AvgIpc) is 3.07. The summed E-state index contributed by atoms with van der Waals surface area (Å²) in [5.41, 5.74) is 2.20. The third kappa shape index (κ3) is 7.11. The van der Waals surface area contributed by atoms with Crippen molar-refractivity contribution in [2.24, 2.45) is 0 Å². The van der Waals surface area contributed by atoms with Crippen molar-refractivity contribution in [2.75, 3.05) is 23.1 Å². The number of nitrogens with one attached hydrogen (secondary N) is 2. The van der Waals surface area contributed by atoms with E-state index in [1.807, 2.05) is 13.0 Å². The summed E-state index contributed by atoms with van der Waals surface area (Å²) in [5, 5.41) is 22.5. The van der Waals surface area contributed by atoms with Crippen molar-refractivity contribution in [2.45, 2.75) is 31.6 Å². The molecule has 5 aromatic rings. The summed E-state index contributed by atoms with van der Waals surface area (Å²) < 4.78 is 50.4. The van der Waals surface area contributed by atoms with E-state index in [0.717, 1.165) is 12.8 Å². The fourth-order valence-electron chi connectivity index (χ4n) is 5.63. The third-order valence-electron chi connectivity index (χ3n) is 7.89. The molecule has 1 saturated heterocycles. The molecule has 244 valence electrons. The number of pyridine rings is 1. The van der Waals surface area contributed by atoms with Gasteiger partial charge in [-0.1, -0.05) is 24.3 Å². The Balaban J connectivity index is 1.30. The molecule has 1 fully saturated rings. The van der Waals surface area contributed by atoms with Crippen molar-refractivity contribution in [1.29, 1.82) is 5.26 Å². The highest BCUT2D eigenvalue weighted by atomic mass is 32.2. The molecule has 0 saturated carbocycles. The Labute approximate surface area is 275 Å². The third-order valence-corrected chi connectivity index (χ3v) is 9.12. The lowest BCUT2D eigenvalue weighted by Gasteiger charge is -2.31. The van der Waals surface area contributed by atoms with Crippen molar-refractivity contribution in [3.8, 4) is 29.0 Å². The maximum atomic E-state index is 15.2. The largest absolute Gasteiger partial charge is 0.465 e. The molecular formula is C34H30FN7O5S. The van der Waals surface area contributed by atoms with Gasteiger partial charge in [-0.15, -0.1) is 0 Å². The lowest BCUT2D eigenvalue weighted by molar-refractivity contribution is 0.132. The van der Waals surface area contributed by atoms with Crippen LogP contribution in [0, 0.1) is 24.1 Å². The highest BCUT2D eigenvalue weighted by Crippen LogP contribution is 2.40. The second-order valence-corrected chi connectivity index (χ2v) is 13.1. The van der Waals surface area contributed by atoms with Gasteiger partial charge in [-0.25, -0.2) is 32.6 Å². The quantitative estimate of drug-likeness (QED) is 0.162. The second kappa shape index (κ2) is 13.5. The first-order chi connectivity index (χ1) is 23.1. The molecule has 0 aliphatic carbocycles. The maximum Gasteiger partial charge on any atom is 0.407 e. The smallest absolute Gasteiger partial charge is 0.407 e. The molecular weight excluding hydrogens is 637 g/mol. The van der Waals surface area contributed by atoms with E-state index in [2.05, 4.69) is 25.0 Å². The fourth-order valence-corrected chi connectivity index (χ4v) is 6.84. The number of piperidine rings is 1. The van der Waals surface area contributed by atoms with Crippen LogP contribution in [-0.4, -0.2) is 58.6 Å². The van der Waals surface area contributed by atoms with Crippen LogP contribution in [0.25, 0.3) is 22.0 Å². The van der Waals surface area contributed by atoms with Gasteiger partial charge in [0.1, 0.15) is 11.6 Å². The summed E-state index contributed by atoms with van der Waals surface area (Å²) in [6.45, 7) is 2.61. The van der Waals surface area contributed by atoms with Crippen LogP contribution in [-0.2, 0) is 15.8 Å². The van der Waals surface area contributed by atoms with Gasteiger partial charge in [0, 0.05) is 42.3 Å². The van der Waals surface area contributed by atoms with Gasteiger partial charge in [-0.3, -0.25) is 4.72 Å². The average molecular weight is 668 g/mol. The Bertz CT molecular complexity index is 2170. The van der Waals surface area contributed by atoms with Crippen LogP contribution < -0.4 is 14.8 Å². The van der Waals surface area contributed by atoms with E-state index in [-0.39, 0.29) is 23.0 Å². The number of fused-ring (bicyclic) bond motifs is 1. The SMILES string of the molecule is Cc1ccc2c(NS(=O)(=O)Cc3cccc(C#N)c3)c(F)ccc2c1Oc1ncccc1-c1ccnc(NC2CCCN(C(=O)O)C2)n1. The van der Waals surface area contributed by atoms with E-state index in [1.54, 1.807) is 60.9 Å². The minimum Gasteiger partial charge on any atom is -0.465 e. The van der Waals surface area contributed by atoms with Crippen LogP contribution in [0.3, 0.4) is 0 Å². The van der Waals surface area contributed by atoms with E-state index >= 15 is 4.39 Å². The predicted octanol–water partition coefficient (Wildman–Crippen LogP) is 6.30. The Morgan fingerprint density at radius 2 is 1.94 bits per heavy atom. The van der Waals surface area contributed by atoms with Gasteiger partial charge in [-0.05, 0) is 73.4 Å². The number of hydrogen-bond donors (Lipinski definition) is 3. The van der Waals surface area contributed by atoms with Gasteiger partial charge >= 0.3 is 6.09 Å². The molecule has 3 aromatic carbocycles. The summed E-state index contributed by atoms with van der Waals surface area (Å²) in [4.78, 5) is 26.2. The number of rotatable bonds is 9. The number of carboxylic acid groups (broad SMARTS) is 1. The number of anilines is 2. The van der Waals surface area contributed by atoms with Gasteiger partial charge in [-0.2, -0.15) is 5.26 Å². The molecule has 1 unspecified atom stereocenters. The van der Waals surface area contributed by atoms with E-state index in [9.17, 15) is 23.6 Å². The van der Waals surface area contributed by atoms with Crippen LogP contribution >= 0.6 is 0 Å². The number of likely N-dealkylation sites (tertiary alicyclic amines) is 1. The lowest BCUT2D eigenvalue weighted by atomic mass is 10.0. The molecule has 1 aliphatic heterocycles. The molecule has 3 N–H and O–H groups in total. The first-order valence-electron chi connectivity index (χ1n) is 15.0. The van der Waals surface area contributed by atoms with Gasteiger partial charge in [0.15, 0.2) is 0 Å². The molecule has 0 spiro atoms. The summed E-state index contributed by atoms with van der Waals surface area (Å²) in [6, 6.07) is 19.2. The Hall–Kier alpha value is -5.81. The number of aryl methyl sites for hydroxylation is 1. The zero-order chi connectivity index (χ0) is 33.8. The van der Waals surface area contributed by atoms with Crippen molar-refractivity contribution < 1.29 is 27.4 Å². The molecule has 1 atom stereocenters. The molecule has 1 amide bonds. The summed E-state index contributed by atoms with van der Waals surface area (Å²) in [7, 11) is -4.08. The highest BCUT2D eigenvalue weighted by molar-refractivity contribution is 7.91. The van der Waals surface area contributed by atoms with Gasteiger partial charge < -0.3 is 20.1 Å². The highest BCUT2D eigenvalue weighted by Gasteiger charge is 2.24. The van der Waals surface area contributed by atoms with Crippen LogP contribution in [0.4, 0.5) is 20.8 Å². The Kier molecular flexibility index (Phi) is 9.04.